The molecule has 0 amide bonds. The Hall–Kier alpha value is -2.18. The summed E-state index contributed by atoms with van der Waals surface area (Å²) in [6.07, 6.45) is 3.51. The predicted octanol–water partition coefficient (Wildman–Crippen LogP) is 3.21. The van der Waals surface area contributed by atoms with Gasteiger partial charge in [-0.05, 0) is 31.2 Å². The van der Waals surface area contributed by atoms with Crippen molar-refractivity contribution in [3.8, 4) is 11.6 Å². The maximum Gasteiger partial charge on any atom is 0.307 e. The number of benzene rings is 1. The standard InChI is InChI=1S/C16H18ClN3O3.H2/c1-2-22-16(21)7-8-18-9-13-10-20-15(11-19-13)23-14-5-3-12(17)4-6-14;/h3-6,10-11,18H,2,7-9H2,1H3;1H. The molecule has 1 aromatic carbocycles. The zero-order chi connectivity index (χ0) is 16.5. The van der Waals surface area contributed by atoms with E-state index >= 15 is 0 Å². The van der Waals surface area contributed by atoms with Crippen molar-refractivity contribution in [2.45, 2.75) is 19.9 Å². The van der Waals surface area contributed by atoms with Crippen LogP contribution in [-0.2, 0) is 16.1 Å². The van der Waals surface area contributed by atoms with Crippen LogP contribution in [0.1, 0.15) is 20.5 Å². The molecule has 0 bridgehead atoms. The van der Waals surface area contributed by atoms with Gasteiger partial charge in [0.2, 0.25) is 5.88 Å². The molecule has 0 aliphatic heterocycles. The minimum atomic E-state index is -0.210. The maximum absolute atomic E-state index is 11.2. The summed E-state index contributed by atoms with van der Waals surface area (Å²) >= 11 is 5.81. The lowest BCUT2D eigenvalue weighted by molar-refractivity contribution is -0.142. The number of hydrogen-bond acceptors (Lipinski definition) is 6. The van der Waals surface area contributed by atoms with Crippen molar-refractivity contribution in [2.24, 2.45) is 0 Å². The summed E-state index contributed by atoms with van der Waals surface area (Å²) < 4.78 is 10.4. The highest BCUT2D eigenvalue weighted by atomic mass is 35.5. The first-order chi connectivity index (χ1) is 11.2. The highest BCUT2D eigenvalue weighted by Crippen LogP contribution is 2.20. The topological polar surface area (TPSA) is 73.3 Å². The first kappa shape index (κ1) is 17.2. The van der Waals surface area contributed by atoms with E-state index in [1.54, 1.807) is 43.6 Å². The van der Waals surface area contributed by atoms with Crippen LogP contribution in [0, 0.1) is 0 Å². The Kier molecular flexibility index (Phi) is 6.77. The Balaban J connectivity index is 0.00000288. The van der Waals surface area contributed by atoms with Gasteiger partial charge in [0, 0.05) is 19.5 Å². The normalized spacial score (nSPS) is 10.3. The fraction of sp³-hybridized carbons (Fsp3) is 0.312. The van der Waals surface area contributed by atoms with E-state index in [2.05, 4.69) is 15.3 Å². The van der Waals surface area contributed by atoms with Gasteiger partial charge in [0.15, 0.2) is 0 Å². The number of ether oxygens (including phenoxy) is 2. The van der Waals surface area contributed by atoms with Gasteiger partial charge < -0.3 is 14.8 Å². The molecule has 0 aliphatic carbocycles. The number of carbonyl (C=O) groups excluding carboxylic acids is 1. The van der Waals surface area contributed by atoms with Crippen LogP contribution in [0.4, 0.5) is 0 Å². The van der Waals surface area contributed by atoms with Gasteiger partial charge in [-0.15, -0.1) is 0 Å². The minimum Gasteiger partial charge on any atom is -0.466 e. The molecule has 0 radical (unpaired) electrons. The molecule has 2 aromatic rings. The summed E-state index contributed by atoms with van der Waals surface area (Å²) in [4.78, 5) is 19.6. The molecule has 0 saturated carbocycles. The first-order valence-corrected chi connectivity index (χ1v) is 7.66. The van der Waals surface area contributed by atoms with Gasteiger partial charge in [0.1, 0.15) is 5.75 Å². The second-order valence-corrected chi connectivity index (χ2v) is 5.07. The average molecular weight is 338 g/mol. The number of rotatable bonds is 8. The molecule has 0 unspecified atom stereocenters. The molecule has 7 heteroatoms. The van der Waals surface area contributed by atoms with Crippen LogP contribution in [0.15, 0.2) is 36.7 Å². The predicted molar refractivity (Wildman–Crippen MR) is 88.6 cm³/mol. The highest BCUT2D eigenvalue weighted by Gasteiger charge is 2.03. The van der Waals surface area contributed by atoms with Crippen LogP contribution in [0.3, 0.4) is 0 Å². The molecule has 23 heavy (non-hydrogen) atoms. The number of hydrogen-bond donors (Lipinski definition) is 1. The number of nitrogens with zero attached hydrogens (tertiary/aromatic N) is 2. The van der Waals surface area contributed by atoms with Gasteiger partial charge in [-0.25, -0.2) is 4.98 Å². The van der Waals surface area contributed by atoms with E-state index in [1.807, 2.05) is 0 Å². The van der Waals surface area contributed by atoms with E-state index in [4.69, 9.17) is 21.1 Å². The van der Waals surface area contributed by atoms with E-state index in [9.17, 15) is 4.79 Å². The van der Waals surface area contributed by atoms with Crippen LogP contribution < -0.4 is 10.1 Å². The van der Waals surface area contributed by atoms with Gasteiger partial charge in [0.25, 0.3) is 0 Å². The summed E-state index contributed by atoms with van der Waals surface area (Å²) in [5.41, 5.74) is 0.761. The molecule has 1 N–H and O–H groups in total. The number of carbonyl (C=O) groups is 1. The van der Waals surface area contributed by atoms with Gasteiger partial charge in [-0.3, -0.25) is 9.78 Å². The molecule has 6 nitrogen and oxygen atoms in total. The Morgan fingerprint density at radius 1 is 1.26 bits per heavy atom. The summed E-state index contributed by atoms with van der Waals surface area (Å²) in [6, 6.07) is 7.00. The van der Waals surface area contributed by atoms with Crippen molar-refractivity contribution < 1.29 is 15.7 Å². The van der Waals surface area contributed by atoms with Crippen molar-refractivity contribution in [2.75, 3.05) is 13.2 Å². The molecule has 0 spiro atoms. The van der Waals surface area contributed by atoms with Crippen LogP contribution in [0.5, 0.6) is 11.6 Å². The second-order valence-electron chi connectivity index (χ2n) is 4.63. The number of nitrogens with one attached hydrogen (secondary N) is 1. The third-order valence-electron chi connectivity index (χ3n) is 2.84. The molecule has 0 aliphatic rings. The van der Waals surface area contributed by atoms with E-state index in [0.717, 1.165) is 5.69 Å². The smallest absolute Gasteiger partial charge is 0.307 e. The molecular weight excluding hydrogens is 318 g/mol. The number of aromatic nitrogens is 2. The van der Waals surface area contributed by atoms with Crippen molar-refractivity contribution in [1.82, 2.24) is 15.3 Å². The second kappa shape index (κ2) is 9.07. The number of halogens is 1. The van der Waals surface area contributed by atoms with Gasteiger partial charge in [-0.2, -0.15) is 0 Å². The lowest BCUT2D eigenvalue weighted by atomic mass is 10.3. The lowest BCUT2D eigenvalue weighted by Crippen LogP contribution is -2.19. The first-order valence-electron chi connectivity index (χ1n) is 7.28. The highest BCUT2D eigenvalue weighted by molar-refractivity contribution is 6.30. The van der Waals surface area contributed by atoms with E-state index in [0.29, 0.717) is 42.8 Å². The zero-order valence-electron chi connectivity index (χ0n) is 12.8. The lowest BCUT2D eigenvalue weighted by Gasteiger charge is -2.06. The number of esters is 1. The van der Waals surface area contributed by atoms with Crippen LogP contribution >= 0.6 is 11.6 Å². The quantitative estimate of drug-likeness (QED) is 0.589. The van der Waals surface area contributed by atoms with Crippen LogP contribution in [-0.4, -0.2) is 29.1 Å². The summed E-state index contributed by atoms with van der Waals surface area (Å²) in [5.74, 6) is 0.837. The van der Waals surface area contributed by atoms with Gasteiger partial charge in [0.05, 0.1) is 31.1 Å². The Labute approximate surface area is 141 Å². The minimum absolute atomic E-state index is 0. The molecular formula is C16H20ClN3O3. The Bertz CT molecular complexity index is 623. The summed E-state index contributed by atoms with van der Waals surface area (Å²) in [5, 5.41) is 3.75. The van der Waals surface area contributed by atoms with E-state index < -0.39 is 0 Å². The van der Waals surface area contributed by atoms with Gasteiger partial charge in [-0.1, -0.05) is 11.6 Å². The fourth-order valence-corrected chi connectivity index (χ4v) is 1.88. The van der Waals surface area contributed by atoms with Crippen molar-refractivity contribution >= 4 is 17.6 Å². The summed E-state index contributed by atoms with van der Waals surface area (Å²) in [6.45, 7) is 3.24. The SMILES string of the molecule is CCOC(=O)CCNCc1cnc(Oc2ccc(Cl)cc2)cn1.[HH]. The molecule has 0 saturated heterocycles. The molecule has 1 heterocycles. The molecule has 0 fully saturated rings. The largest absolute Gasteiger partial charge is 0.466 e. The fourth-order valence-electron chi connectivity index (χ4n) is 1.75. The third kappa shape index (κ3) is 6.22. The zero-order valence-corrected chi connectivity index (χ0v) is 13.5. The van der Waals surface area contributed by atoms with E-state index in [1.165, 1.54) is 0 Å². The Morgan fingerprint density at radius 2 is 2.04 bits per heavy atom. The average Bonchev–Trinajstić information content (AvgIpc) is 2.55. The molecule has 1 aromatic heterocycles. The van der Waals surface area contributed by atoms with Crippen LogP contribution in [0.2, 0.25) is 5.02 Å². The Morgan fingerprint density at radius 3 is 2.70 bits per heavy atom. The van der Waals surface area contributed by atoms with Crippen molar-refractivity contribution in [3.05, 3.63) is 47.4 Å². The molecule has 2 rings (SSSR count). The van der Waals surface area contributed by atoms with Crippen LogP contribution in [0.25, 0.3) is 0 Å². The van der Waals surface area contributed by atoms with Crippen molar-refractivity contribution in [1.29, 1.82) is 0 Å². The van der Waals surface area contributed by atoms with Crippen molar-refractivity contribution in [3.63, 3.8) is 0 Å². The molecule has 0 atom stereocenters. The monoisotopic (exact) mass is 337 g/mol. The summed E-state index contributed by atoms with van der Waals surface area (Å²) in [7, 11) is 0. The molecule has 124 valence electrons. The maximum atomic E-state index is 11.2. The van der Waals surface area contributed by atoms with E-state index in [-0.39, 0.29) is 7.40 Å². The van der Waals surface area contributed by atoms with Gasteiger partial charge >= 0.3 is 5.97 Å². The third-order valence-corrected chi connectivity index (χ3v) is 3.09.